The number of nitrogens with one attached hydrogen (secondary N) is 2. The predicted octanol–water partition coefficient (Wildman–Crippen LogP) is 1.89. The summed E-state index contributed by atoms with van der Waals surface area (Å²) in [7, 11) is -1.83. The second-order valence-corrected chi connectivity index (χ2v) is 9.50. The Balaban J connectivity index is 1.54. The Morgan fingerprint density at radius 2 is 1.91 bits per heavy atom. The number of aromatic nitrogens is 6. The molecule has 0 amide bonds. The number of hydrogen-bond donors (Lipinski definition) is 2. The standard InChI is InChI=1S/C22H19N7O3S/c1-29-12-17(9-25-29)16-7-20-21(23-8-16)5-4-15-3-2-14(6-19(15)22(20)30)13-33(31,32)26-11-18-10-24-28-27-18/h2-10,12,26H,11,13H2,1H3,(H,24,27,28). The Bertz CT molecular complexity index is 1640. The molecule has 0 fully saturated rings. The largest absolute Gasteiger partial charge is 0.289 e. The van der Waals surface area contributed by atoms with Gasteiger partial charge in [-0.3, -0.25) is 19.6 Å². The summed E-state index contributed by atoms with van der Waals surface area (Å²) in [6, 6.07) is 10.5. The molecule has 166 valence electrons. The highest BCUT2D eigenvalue weighted by atomic mass is 32.2. The van der Waals surface area contributed by atoms with Gasteiger partial charge in [0.2, 0.25) is 10.0 Å². The Kier molecular flexibility index (Phi) is 5.19. The van der Waals surface area contributed by atoms with Crippen molar-refractivity contribution in [1.29, 1.82) is 0 Å². The van der Waals surface area contributed by atoms with E-state index in [1.807, 2.05) is 19.3 Å². The molecule has 0 saturated carbocycles. The highest BCUT2D eigenvalue weighted by Gasteiger charge is 2.14. The average Bonchev–Trinajstić information content (AvgIpc) is 3.45. The first-order chi connectivity index (χ1) is 15.9. The molecule has 0 saturated heterocycles. The summed E-state index contributed by atoms with van der Waals surface area (Å²) in [5.41, 5.74) is 2.97. The fourth-order valence-electron chi connectivity index (χ4n) is 3.63. The predicted molar refractivity (Wildman–Crippen MR) is 124 cm³/mol. The van der Waals surface area contributed by atoms with Crippen molar-refractivity contribution in [3.63, 3.8) is 0 Å². The van der Waals surface area contributed by atoms with Crippen LogP contribution in [0.25, 0.3) is 32.8 Å². The Labute approximate surface area is 188 Å². The monoisotopic (exact) mass is 461 g/mol. The minimum absolute atomic E-state index is 0.0294. The SMILES string of the molecule is Cn1cc(-c2cnc3ccc4ccc(CS(=O)(=O)NCc5c[nH]nn5)cc4c(=O)c3c2)cn1. The minimum Gasteiger partial charge on any atom is -0.289 e. The first-order valence-electron chi connectivity index (χ1n) is 10.1. The number of benzene rings is 1. The lowest BCUT2D eigenvalue weighted by Gasteiger charge is -2.06. The second kappa shape index (κ2) is 8.19. The van der Waals surface area contributed by atoms with Gasteiger partial charge < -0.3 is 0 Å². The van der Waals surface area contributed by atoms with Crippen molar-refractivity contribution in [2.75, 3.05) is 0 Å². The third-order valence-electron chi connectivity index (χ3n) is 5.28. The highest BCUT2D eigenvalue weighted by Crippen LogP contribution is 2.22. The molecular weight excluding hydrogens is 442 g/mol. The lowest BCUT2D eigenvalue weighted by Crippen LogP contribution is -2.25. The van der Waals surface area contributed by atoms with E-state index in [2.05, 4.69) is 30.2 Å². The molecule has 0 atom stereocenters. The van der Waals surface area contributed by atoms with Crippen LogP contribution in [0, 0.1) is 0 Å². The molecule has 5 rings (SSSR count). The third-order valence-corrected chi connectivity index (χ3v) is 6.58. The third kappa shape index (κ3) is 4.36. The highest BCUT2D eigenvalue weighted by molar-refractivity contribution is 7.88. The van der Waals surface area contributed by atoms with Crippen LogP contribution in [0.2, 0.25) is 0 Å². The molecular formula is C22H19N7O3S. The minimum atomic E-state index is -3.65. The number of sulfonamides is 1. The molecule has 0 aliphatic carbocycles. The number of hydrogen-bond acceptors (Lipinski definition) is 7. The van der Waals surface area contributed by atoms with E-state index < -0.39 is 10.0 Å². The summed E-state index contributed by atoms with van der Waals surface area (Å²) in [6.45, 7) is 0.0294. The van der Waals surface area contributed by atoms with Gasteiger partial charge in [-0.2, -0.15) is 5.10 Å². The summed E-state index contributed by atoms with van der Waals surface area (Å²) >= 11 is 0. The van der Waals surface area contributed by atoms with Gasteiger partial charge in [0, 0.05) is 47.5 Å². The van der Waals surface area contributed by atoms with Crippen LogP contribution in [-0.4, -0.2) is 38.6 Å². The van der Waals surface area contributed by atoms with Crippen LogP contribution in [-0.2, 0) is 29.4 Å². The van der Waals surface area contributed by atoms with E-state index in [9.17, 15) is 13.2 Å². The number of aromatic amines is 1. The van der Waals surface area contributed by atoms with Gasteiger partial charge in [-0.05, 0) is 29.1 Å². The van der Waals surface area contributed by atoms with Crippen molar-refractivity contribution in [2.45, 2.75) is 12.3 Å². The molecule has 10 nitrogen and oxygen atoms in total. The first kappa shape index (κ1) is 20.9. The summed E-state index contributed by atoms with van der Waals surface area (Å²) in [5.74, 6) is -0.268. The van der Waals surface area contributed by atoms with Gasteiger partial charge in [-0.15, -0.1) is 5.10 Å². The summed E-state index contributed by atoms with van der Waals surface area (Å²) in [6.07, 6.45) is 6.79. The van der Waals surface area contributed by atoms with Gasteiger partial charge in [0.15, 0.2) is 5.43 Å². The van der Waals surface area contributed by atoms with E-state index in [-0.39, 0.29) is 17.7 Å². The average molecular weight is 462 g/mol. The molecule has 2 N–H and O–H groups in total. The number of fused-ring (bicyclic) bond motifs is 2. The van der Waals surface area contributed by atoms with E-state index in [1.165, 1.54) is 6.20 Å². The maximum atomic E-state index is 13.4. The van der Waals surface area contributed by atoms with Gasteiger partial charge in [0.1, 0.15) is 0 Å². The summed E-state index contributed by atoms with van der Waals surface area (Å²) in [4.78, 5) is 17.9. The van der Waals surface area contributed by atoms with E-state index in [4.69, 9.17) is 0 Å². The Morgan fingerprint density at radius 3 is 2.67 bits per heavy atom. The fourth-order valence-corrected chi connectivity index (χ4v) is 4.72. The number of pyridine rings is 1. The molecule has 0 spiro atoms. The molecule has 0 unspecified atom stereocenters. The van der Waals surface area contributed by atoms with Crippen molar-refractivity contribution in [3.05, 3.63) is 82.7 Å². The molecule has 3 heterocycles. The maximum absolute atomic E-state index is 13.4. The van der Waals surface area contributed by atoms with Gasteiger partial charge >= 0.3 is 0 Å². The van der Waals surface area contributed by atoms with E-state index in [1.54, 1.807) is 47.4 Å². The second-order valence-electron chi connectivity index (χ2n) is 7.69. The number of nitrogens with zero attached hydrogens (tertiary/aromatic N) is 5. The van der Waals surface area contributed by atoms with Gasteiger partial charge in [0.05, 0.1) is 29.7 Å². The summed E-state index contributed by atoms with van der Waals surface area (Å²) in [5, 5.41) is 15.6. The molecule has 33 heavy (non-hydrogen) atoms. The van der Waals surface area contributed by atoms with Crippen LogP contribution < -0.4 is 10.2 Å². The summed E-state index contributed by atoms with van der Waals surface area (Å²) < 4.78 is 29.2. The molecule has 2 aromatic carbocycles. The number of rotatable bonds is 6. The quantitative estimate of drug-likeness (QED) is 0.394. The van der Waals surface area contributed by atoms with Gasteiger partial charge in [0.25, 0.3) is 0 Å². The van der Waals surface area contributed by atoms with Crippen LogP contribution in [0.4, 0.5) is 0 Å². The van der Waals surface area contributed by atoms with E-state index in [0.29, 0.717) is 32.9 Å². The zero-order valence-corrected chi connectivity index (χ0v) is 18.4. The van der Waals surface area contributed by atoms with Crippen LogP contribution >= 0.6 is 0 Å². The van der Waals surface area contributed by atoms with Crippen LogP contribution in [0.1, 0.15) is 11.3 Å². The molecule has 0 radical (unpaired) electrons. The van der Waals surface area contributed by atoms with Crippen molar-refractivity contribution in [2.24, 2.45) is 7.05 Å². The van der Waals surface area contributed by atoms with Crippen molar-refractivity contribution in [1.82, 2.24) is 34.9 Å². The zero-order chi connectivity index (χ0) is 23.0. The van der Waals surface area contributed by atoms with Crippen LogP contribution in [0.5, 0.6) is 0 Å². The first-order valence-corrected chi connectivity index (χ1v) is 11.7. The smallest absolute Gasteiger partial charge is 0.216 e. The Hall–Kier alpha value is -3.96. The zero-order valence-electron chi connectivity index (χ0n) is 17.6. The van der Waals surface area contributed by atoms with E-state index >= 15 is 0 Å². The van der Waals surface area contributed by atoms with E-state index in [0.717, 1.165) is 11.1 Å². The fraction of sp³-hybridized carbons (Fsp3) is 0.136. The molecule has 11 heteroatoms. The maximum Gasteiger partial charge on any atom is 0.216 e. The molecule has 0 aliphatic heterocycles. The number of H-pyrrole nitrogens is 1. The topological polar surface area (TPSA) is 136 Å². The van der Waals surface area contributed by atoms with Gasteiger partial charge in [-0.1, -0.05) is 23.4 Å². The molecule has 0 aliphatic rings. The molecule has 3 aromatic heterocycles. The van der Waals surface area contributed by atoms with Crippen LogP contribution in [0.15, 0.2) is 66.0 Å². The van der Waals surface area contributed by atoms with Crippen molar-refractivity contribution < 1.29 is 8.42 Å². The number of aryl methyl sites for hydroxylation is 1. The Morgan fingerprint density at radius 1 is 1.06 bits per heavy atom. The molecule has 5 aromatic rings. The normalized spacial score (nSPS) is 11.9. The lowest BCUT2D eigenvalue weighted by molar-refractivity contribution is 0.579. The van der Waals surface area contributed by atoms with Crippen molar-refractivity contribution in [3.8, 4) is 11.1 Å². The molecule has 0 bridgehead atoms. The lowest BCUT2D eigenvalue weighted by atomic mass is 10.1. The van der Waals surface area contributed by atoms with Crippen LogP contribution in [0.3, 0.4) is 0 Å². The van der Waals surface area contributed by atoms with Crippen molar-refractivity contribution >= 4 is 31.7 Å². The van der Waals surface area contributed by atoms with Gasteiger partial charge in [-0.25, -0.2) is 13.1 Å².